The molecular weight excluding hydrogens is 310 g/mol. The molecular formula is C18H23NO3S. The van der Waals surface area contributed by atoms with Crippen molar-refractivity contribution >= 4 is 9.84 Å². The van der Waals surface area contributed by atoms with Crippen LogP contribution >= 0.6 is 0 Å². The van der Waals surface area contributed by atoms with Gasteiger partial charge in [0.2, 0.25) is 0 Å². The number of nitrogens with zero attached hydrogens (tertiary/aromatic N) is 1. The summed E-state index contributed by atoms with van der Waals surface area (Å²) in [6, 6.07) is 8.61. The van der Waals surface area contributed by atoms with E-state index in [1.165, 1.54) is 10.6 Å². The van der Waals surface area contributed by atoms with Crippen LogP contribution in [0.3, 0.4) is 0 Å². The van der Waals surface area contributed by atoms with Crippen LogP contribution in [-0.4, -0.2) is 13.0 Å². The van der Waals surface area contributed by atoms with Gasteiger partial charge in [0.05, 0.1) is 10.6 Å². The molecule has 0 atom stereocenters. The summed E-state index contributed by atoms with van der Waals surface area (Å²) < 4.78 is 27.0. The average Bonchev–Trinajstić information content (AvgIpc) is 2.41. The highest BCUT2D eigenvalue weighted by Gasteiger charge is 2.22. The fourth-order valence-corrected chi connectivity index (χ4v) is 4.02. The van der Waals surface area contributed by atoms with Crippen LogP contribution in [0.2, 0.25) is 0 Å². The van der Waals surface area contributed by atoms with Gasteiger partial charge in [-0.05, 0) is 41.2 Å². The Labute approximate surface area is 137 Å². The molecule has 5 heteroatoms. The standard InChI is InChI=1S/C18H23NO3S/c1-13-6-7-15(18(2,3)4)11-16(13)23(21,22)12-14-8-9-19(5)17(20)10-14/h6-11H,12H2,1-5H3. The maximum absolute atomic E-state index is 12.8. The Bertz CT molecular complexity index is 887. The van der Waals surface area contributed by atoms with E-state index in [9.17, 15) is 13.2 Å². The van der Waals surface area contributed by atoms with Crippen LogP contribution in [0.1, 0.15) is 37.5 Å². The third-order valence-corrected chi connectivity index (χ3v) is 5.74. The summed E-state index contributed by atoms with van der Waals surface area (Å²) >= 11 is 0. The number of pyridine rings is 1. The minimum atomic E-state index is -3.50. The molecule has 2 rings (SSSR count). The van der Waals surface area contributed by atoms with Crippen molar-refractivity contribution in [2.75, 3.05) is 0 Å². The molecule has 1 aromatic heterocycles. The van der Waals surface area contributed by atoms with Gasteiger partial charge in [0.25, 0.3) is 5.56 Å². The second-order valence-electron chi connectivity index (χ2n) is 6.97. The third kappa shape index (κ3) is 3.91. The molecule has 1 heterocycles. The van der Waals surface area contributed by atoms with Crippen molar-refractivity contribution in [2.24, 2.45) is 7.05 Å². The Hall–Kier alpha value is -1.88. The maximum Gasteiger partial charge on any atom is 0.250 e. The van der Waals surface area contributed by atoms with Crippen LogP contribution in [0.15, 0.2) is 46.2 Å². The monoisotopic (exact) mass is 333 g/mol. The Balaban J connectivity index is 2.47. The molecule has 4 nitrogen and oxygen atoms in total. The molecule has 2 aromatic rings. The fraction of sp³-hybridized carbons (Fsp3) is 0.389. The van der Waals surface area contributed by atoms with E-state index >= 15 is 0 Å². The molecule has 0 spiro atoms. The second kappa shape index (κ2) is 5.96. The van der Waals surface area contributed by atoms with Gasteiger partial charge in [0.15, 0.2) is 9.84 Å². The molecule has 0 N–H and O–H groups in total. The van der Waals surface area contributed by atoms with Crippen molar-refractivity contribution in [3.8, 4) is 0 Å². The number of hydrogen-bond acceptors (Lipinski definition) is 3. The SMILES string of the molecule is Cc1ccc(C(C)(C)C)cc1S(=O)(=O)Cc1ccn(C)c(=O)c1. The van der Waals surface area contributed by atoms with Crippen LogP contribution < -0.4 is 5.56 Å². The molecule has 124 valence electrons. The number of sulfone groups is 1. The lowest BCUT2D eigenvalue weighted by molar-refractivity contribution is 0.582. The van der Waals surface area contributed by atoms with Crippen molar-refractivity contribution in [1.82, 2.24) is 4.57 Å². The van der Waals surface area contributed by atoms with Gasteiger partial charge in [-0.1, -0.05) is 32.9 Å². The lowest BCUT2D eigenvalue weighted by atomic mass is 9.87. The first-order valence-electron chi connectivity index (χ1n) is 7.50. The molecule has 0 aliphatic rings. The number of rotatable bonds is 3. The van der Waals surface area contributed by atoms with Gasteiger partial charge in [-0.15, -0.1) is 0 Å². The van der Waals surface area contributed by atoms with Gasteiger partial charge in [0, 0.05) is 19.3 Å². The summed E-state index contributed by atoms with van der Waals surface area (Å²) in [4.78, 5) is 12.0. The van der Waals surface area contributed by atoms with E-state index < -0.39 is 9.84 Å². The predicted molar refractivity (Wildman–Crippen MR) is 92.5 cm³/mol. The normalized spacial score (nSPS) is 12.4. The number of hydrogen-bond donors (Lipinski definition) is 0. The maximum atomic E-state index is 12.8. The summed E-state index contributed by atoms with van der Waals surface area (Å²) in [5, 5.41) is 0. The smallest absolute Gasteiger partial charge is 0.250 e. The van der Waals surface area contributed by atoms with E-state index in [0.29, 0.717) is 10.5 Å². The Morgan fingerprint density at radius 3 is 2.30 bits per heavy atom. The van der Waals surface area contributed by atoms with E-state index in [1.54, 1.807) is 32.3 Å². The van der Waals surface area contributed by atoms with Gasteiger partial charge >= 0.3 is 0 Å². The van der Waals surface area contributed by atoms with Gasteiger partial charge in [-0.25, -0.2) is 8.42 Å². The zero-order valence-corrected chi connectivity index (χ0v) is 15.1. The first kappa shape index (κ1) is 17.5. The fourth-order valence-electron chi connectivity index (χ4n) is 2.38. The topological polar surface area (TPSA) is 56.1 Å². The zero-order valence-electron chi connectivity index (χ0n) is 14.3. The molecule has 0 bridgehead atoms. The summed E-state index contributed by atoms with van der Waals surface area (Å²) in [6.07, 6.45) is 1.59. The lowest BCUT2D eigenvalue weighted by Crippen LogP contribution is -2.17. The van der Waals surface area contributed by atoms with Gasteiger partial charge in [0.1, 0.15) is 0 Å². The highest BCUT2D eigenvalue weighted by Crippen LogP contribution is 2.28. The molecule has 0 aliphatic heterocycles. The van der Waals surface area contributed by atoms with Crippen molar-refractivity contribution in [3.63, 3.8) is 0 Å². The highest BCUT2D eigenvalue weighted by molar-refractivity contribution is 7.90. The van der Waals surface area contributed by atoms with E-state index in [-0.39, 0.29) is 16.7 Å². The Kier molecular flexibility index (Phi) is 4.53. The molecule has 0 aliphatic carbocycles. The van der Waals surface area contributed by atoms with Crippen LogP contribution in [-0.2, 0) is 28.1 Å². The number of benzene rings is 1. The molecule has 0 amide bonds. The average molecular weight is 333 g/mol. The van der Waals surface area contributed by atoms with Gasteiger partial charge in [-0.2, -0.15) is 0 Å². The molecule has 0 unspecified atom stereocenters. The quantitative estimate of drug-likeness (QED) is 0.868. The predicted octanol–water partition coefficient (Wildman–Crippen LogP) is 2.97. The summed E-state index contributed by atoms with van der Waals surface area (Å²) in [5.74, 6) is -0.169. The molecule has 0 radical (unpaired) electrons. The van der Waals surface area contributed by atoms with Gasteiger partial charge in [-0.3, -0.25) is 4.79 Å². The molecule has 0 saturated heterocycles. The van der Waals surface area contributed by atoms with E-state index in [2.05, 4.69) is 20.8 Å². The number of aryl methyl sites for hydroxylation is 2. The van der Waals surface area contributed by atoms with Crippen molar-refractivity contribution < 1.29 is 8.42 Å². The van der Waals surface area contributed by atoms with Gasteiger partial charge < -0.3 is 4.57 Å². The molecule has 1 aromatic carbocycles. The van der Waals surface area contributed by atoms with E-state index in [4.69, 9.17) is 0 Å². The molecule has 23 heavy (non-hydrogen) atoms. The van der Waals surface area contributed by atoms with E-state index in [0.717, 1.165) is 11.1 Å². The van der Waals surface area contributed by atoms with Crippen LogP contribution in [0.25, 0.3) is 0 Å². The van der Waals surface area contributed by atoms with Crippen molar-refractivity contribution in [1.29, 1.82) is 0 Å². The Morgan fingerprint density at radius 2 is 1.74 bits per heavy atom. The summed E-state index contributed by atoms with van der Waals surface area (Å²) in [5.41, 5.74) is 1.87. The summed E-state index contributed by atoms with van der Waals surface area (Å²) in [6.45, 7) is 7.95. The third-order valence-electron chi connectivity index (χ3n) is 3.91. The highest BCUT2D eigenvalue weighted by atomic mass is 32.2. The number of aromatic nitrogens is 1. The van der Waals surface area contributed by atoms with Crippen LogP contribution in [0.4, 0.5) is 0 Å². The summed E-state index contributed by atoms with van der Waals surface area (Å²) in [7, 11) is -1.87. The largest absolute Gasteiger partial charge is 0.319 e. The second-order valence-corrected chi connectivity index (χ2v) is 8.93. The van der Waals surface area contributed by atoms with Crippen LogP contribution in [0, 0.1) is 6.92 Å². The molecule has 0 fully saturated rings. The van der Waals surface area contributed by atoms with Crippen molar-refractivity contribution in [3.05, 3.63) is 63.6 Å². The zero-order chi connectivity index (χ0) is 17.4. The molecule has 0 saturated carbocycles. The van der Waals surface area contributed by atoms with Crippen molar-refractivity contribution in [2.45, 2.75) is 43.8 Å². The minimum absolute atomic E-state index is 0.124. The lowest BCUT2D eigenvalue weighted by Gasteiger charge is -2.20. The first-order chi connectivity index (χ1) is 10.5. The first-order valence-corrected chi connectivity index (χ1v) is 9.15. The van der Waals surface area contributed by atoms with Crippen LogP contribution in [0.5, 0.6) is 0 Å². The minimum Gasteiger partial charge on any atom is -0.319 e. The Morgan fingerprint density at radius 1 is 1.09 bits per heavy atom. The van der Waals surface area contributed by atoms with E-state index in [1.807, 2.05) is 12.1 Å².